The molecule has 1 atom stereocenters. The molecule has 0 aliphatic carbocycles. The molecular weight excluding hydrogens is 401 g/mol. The molecule has 0 radical (unpaired) electrons. The normalized spacial score (nSPS) is 11.8. The predicted molar refractivity (Wildman–Crippen MR) is 92.5 cm³/mol. The summed E-state index contributed by atoms with van der Waals surface area (Å²) in [6, 6.07) is 14.9. The lowest BCUT2D eigenvalue weighted by Gasteiger charge is -2.14. The van der Waals surface area contributed by atoms with E-state index < -0.39 is 6.10 Å². The number of nitrogens with one attached hydrogen (secondary N) is 1. The van der Waals surface area contributed by atoms with Crippen molar-refractivity contribution in [2.24, 2.45) is 0 Å². The van der Waals surface area contributed by atoms with Gasteiger partial charge in [-0.1, -0.05) is 23.7 Å². The zero-order chi connectivity index (χ0) is 15.2. The van der Waals surface area contributed by atoms with Gasteiger partial charge in [0.15, 0.2) is 6.10 Å². The molecular formula is C16H15ClINO2. The van der Waals surface area contributed by atoms with E-state index in [1.165, 1.54) is 0 Å². The van der Waals surface area contributed by atoms with Gasteiger partial charge in [-0.25, -0.2) is 0 Å². The quantitative estimate of drug-likeness (QED) is 0.749. The molecule has 0 saturated carbocycles. The van der Waals surface area contributed by atoms with E-state index in [2.05, 4.69) is 27.9 Å². The van der Waals surface area contributed by atoms with Crippen molar-refractivity contribution in [3.63, 3.8) is 0 Å². The fraction of sp³-hybridized carbons (Fsp3) is 0.188. The minimum absolute atomic E-state index is 0.150. The van der Waals surface area contributed by atoms with Gasteiger partial charge in [0.1, 0.15) is 5.75 Å². The number of amides is 1. The summed E-state index contributed by atoms with van der Waals surface area (Å²) in [4.78, 5) is 12.0. The van der Waals surface area contributed by atoms with Crippen molar-refractivity contribution in [3.05, 3.63) is 62.7 Å². The second-order valence-electron chi connectivity index (χ2n) is 4.56. The van der Waals surface area contributed by atoms with E-state index in [1.54, 1.807) is 19.1 Å². The van der Waals surface area contributed by atoms with Crippen LogP contribution < -0.4 is 10.1 Å². The summed E-state index contributed by atoms with van der Waals surface area (Å²) in [7, 11) is 0. The Morgan fingerprint density at radius 3 is 2.43 bits per heavy atom. The van der Waals surface area contributed by atoms with Gasteiger partial charge in [-0.3, -0.25) is 4.79 Å². The van der Waals surface area contributed by atoms with E-state index in [4.69, 9.17) is 16.3 Å². The summed E-state index contributed by atoms with van der Waals surface area (Å²) in [5, 5.41) is 3.52. The first kappa shape index (κ1) is 16.1. The van der Waals surface area contributed by atoms with Crippen molar-refractivity contribution in [3.8, 4) is 5.75 Å². The van der Waals surface area contributed by atoms with Crippen LogP contribution in [0.5, 0.6) is 5.75 Å². The molecule has 21 heavy (non-hydrogen) atoms. The predicted octanol–water partition coefficient (Wildman–Crippen LogP) is 4.03. The molecule has 0 aliphatic heterocycles. The van der Waals surface area contributed by atoms with Gasteiger partial charge >= 0.3 is 0 Å². The van der Waals surface area contributed by atoms with Crippen LogP contribution in [-0.4, -0.2) is 12.0 Å². The minimum atomic E-state index is -0.544. The lowest BCUT2D eigenvalue weighted by molar-refractivity contribution is -0.127. The number of ether oxygens (including phenoxy) is 1. The fourth-order valence-corrected chi connectivity index (χ4v) is 2.19. The molecule has 0 bridgehead atoms. The van der Waals surface area contributed by atoms with Crippen molar-refractivity contribution in [2.45, 2.75) is 19.6 Å². The number of benzene rings is 2. The van der Waals surface area contributed by atoms with Crippen molar-refractivity contribution >= 4 is 40.1 Å². The maximum absolute atomic E-state index is 12.0. The average Bonchev–Trinajstić information content (AvgIpc) is 2.48. The molecule has 1 unspecified atom stereocenters. The lowest BCUT2D eigenvalue weighted by Crippen LogP contribution is -2.35. The fourth-order valence-electron chi connectivity index (χ4n) is 1.71. The zero-order valence-electron chi connectivity index (χ0n) is 11.5. The third-order valence-electron chi connectivity index (χ3n) is 2.88. The molecule has 3 nitrogen and oxygen atoms in total. The van der Waals surface area contributed by atoms with Gasteiger partial charge < -0.3 is 10.1 Å². The molecule has 0 spiro atoms. The third kappa shape index (κ3) is 5.21. The zero-order valence-corrected chi connectivity index (χ0v) is 14.4. The van der Waals surface area contributed by atoms with Gasteiger partial charge in [0.25, 0.3) is 5.91 Å². The van der Waals surface area contributed by atoms with E-state index in [9.17, 15) is 4.79 Å². The van der Waals surface area contributed by atoms with Crippen LogP contribution in [0.1, 0.15) is 12.5 Å². The van der Waals surface area contributed by atoms with Gasteiger partial charge in [-0.05, 0) is 71.5 Å². The Bertz CT molecular complexity index is 599. The van der Waals surface area contributed by atoms with Crippen LogP contribution in [0.15, 0.2) is 48.5 Å². The summed E-state index contributed by atoms with van der Waals surface area (Å²) in [6.45, 7) is 2.19. The third-order valence-corrected chi connectivity index (χ3v) is 3.85. The van der Waals surface area contributed by atoms with Crippen LogP contribution in [0.4, 0.5) is 0 Å². The van der Waals surface area contributed by atoms with Gasteiger partial charge in [-0.2, -0.15) is 0 Å². The largest absolute Gasteiger partial charge is 0.481 e. The van der Waals surface area contributed by atoms with Crippen LogP contribution >= 0.6 is 34.2 Å². The molecule has 0 fully saturated rings. The van der Waals surface area contributed by atoms with Crippen LogP contribution in [0.2, 0.25) is 5.02 Å². The van der Waals surface area contributed by atoms with E-state index in [-0.39, 0.29) is 5.91 Å². The number of hydrogen-bond acceptors (Lipinski definition) is 2. The van der Waals surface area contributed by atoms with Crippen molar-refractivity contribution in [1.82, 2.24) is 5.32 Å². The Labute approximate surface area is 142 Å². The highest BCUT2D eigenvalue weighted by atomic mass is 127. The molecule has 0 heterocycles. The Morgan fingerprint density at radius 1 is 1.19 bits per heavy atom. The molecule has 110 valence electrons. The lowest BCUT2D eigenvalue weighted by atomic mass is 10.2. The first-order chi connectivity index (χ1) is 10.0. The van der Waals surface area contributed by atoms with Crippen molar-refractivity contribution < 1.29 is 9.53 Å². The minimum Gasteiger partial charge on any atom is -0.481 e. The molecule has 1 amide bonds. The van der Waals surface area contributed by atoms with E-state index in [0.29, 0.717) is 17.3 Å². The standard InChI is InChI=1S/C16H15ClINO2/c1-11(21-15-8-6-14(18)7-9-15)16(20)19-10-12-2-4-13(17)5-3-12/h2-9,11H,10H2,1H3,(H,19,20). The second kappa shape index (κ2) is 7.66. The van der Waals surface area contributed by atoms with Crippen LogP contribution in [-0.2, 0) is 11.3 Å². The molecule has 5 heteroatoms. The Morgan fingerprint density at radius 2 is 1.81 bits per heavy atom. The summed E-state index contributed by atoms with van der Waals surface area (Å²) in [6.07, 6.45) is -0.544. The van der Waals surface area contributed by atoms with E-state index >= 15 is 0 Å². The number of halogens is 2. The monoisotopic (exact) mass is 415 g/mol. The first-order valence-electron chi connectivity index (χ1n) is 6.49. The Balaban J connectivity index is 1.84. The second-order valence-corrected chi connectivity index (χ2v) is 6.24. The molecule has 0 aliphatic rings. The van der Waals surface area contributed by atoms with Crippen LogP contribution in [0, 0.1) is 3.57 Å². The number of carbonyl (C=O) groups excluding carboxylic acids is 1. The highest BCUT2D eigenvalue weighted by molar-refractivity contribution is 14.1. The van der Waals surface area contributed by atoms with Gasteiger partial charge in [0.05, 0.1) is 0 Å². The molecule has 0 saturated heterocycles. The van der Waals surface area contributed by atoms with Crippen LogP contribution in [0.3, 0.4) is 0 Å². The van der Waals surface area contributed by atoms with E-state index in [1.807, 2.05) is 36.4 Å². The van der Waals surface area contributed by atoms with Gasteiger partial charge in [0, 0.05) is 15.1 Å². The highest BCUT2D eigenvalue weighted by Gasteiger charge is 2.14. The smallest absolute Gasteiger partial charge is 0.261 e. The molecule has 2 aromatic rings. The maximum atomic E-state index is 12.0. The average molecular weight is 416 g/mol. The maximum Gasteiger partial charge on any atom is 0.261 e. The summed E-state index contributed by atoms with van der Waals surface area (Å²) in [5.41, 5.74) is 0.995. The topological polar surface area (TPSA) is 38.3 Å². The Hall–Kier alpha value is -1.27. The summed E-state index contributed by atoms with van der Waals surface area (Å²) in [5.74, 6) is 0.535. The highest BCUT2D eigenvalue weighted by Crippen LogP contribution is 2.15. The SMILES string of the molecule is CC(Oc1ccc(I)cc1)C(=O)NCc1ccc(Cl)cc1. The first-order valence-corrected chi connectivity index (χ1v) is 7.94. The summed E-state index contributed by atoms with van der Waals surface area (Å²) >= 11 is 8.04. The molecule has 2 aromatic carbocycles. The van der Waals surface area contributed by atoms with Gasteiger partial charge in [-0.15, -0.1) is 0 Å². The van der Waals surface area contributed by atoms with Crippen LogP contribution in [0.25, 0.3) is 0 Å². The molecule has 1 N–H and O–H groups in total. The van der Waals surface area contributed by atoms with Gasteiger partial charge in [0.2, 0.25) is 0 Å². The number of rotatable bonds is 5. The Kier molecular flexibility index (Phi) is 5.87. The molecule has 0 aromatic heterocycles. The van der Waals surface area contributed by atoms with E-state index in [0.717, 1.165) is 9.13 Å². The number of carbonyl (C=O) groups is 1. The molecule has 2 rings (SSSR count). The number of hydrogen-bond donors (Lipinski definition) is 1. The van der Waals surface area contributed by atoms with Crippen molar-refractivity contribution in [1.29, 1.82) is 0 Å². The summed E-state index contributed by atoms with van der Waals surface area (Å²) < 4.78 is 6.73. The van der Waals surface area contributed by atoms with Crippen molar-refractivity contribution in [2.75, 3.05) is 0 Å².